The van der Waals surface area contributed by atoms with E-state index in [9.17, 15) is 4.79 Å². The zero-order chi connectivity index (χ0) is 17.8. The van der Waals surface area contributed by atoms with E-state index in [1.54, 1.807) is 19.2 Å². The van der Waals surface area contributed by atoms with Crippen LogP contribution in [0.15, 0.2) is 52.9 Å². The van der Waals surface area contributed by atoms with Crippen molar-refractivity contribution in [1.82, 2.24) is 5.32 Å². The molecule has 5 nitrogen and oxygen atoms in total. The fourth-order valence-electron chi connectivity index (χ4n) is 2.54. The molecule has 0 fully saturated rings. The van der Waals surface area contributed by atoms with Gasteiger partial charge in [-0.3, -0.25) is 4.79 Å². The van der Waals surface area contributed by atoms with Gasteiger partial charge in [0.15, 0.2) is 17.1 Å². The average molecular weight is 339 g/mol. The zero-order valence-electron chi connectivity index (χ0n) is 14.5. The molecule has 25 heavy (non-hydrogen) atoms. The van der Waals surface area contributed by atoms with Gasteiger partial charge in [0, 0.05) is 11.9 Å². The summed E-state index contributed by atoms with van der Waals surface area (Å²) in [6, 6.07) is 14.9. The van der Waals surface area contributed by atoms with Crippen LogP contribution >= 0.6 is 0 Å². The molecule has 0 aliphatic rings. The average Bonchev–Trinajstić information content (AvgIpc) is 3.04. The molecule has 1 aromatic heterocycles. The van der Waals surface area contributed by atoms with Crippen LogP contribution in [0.25, 0.3) is 11.0 Å². The van der Waals surface area contributed by atoms with Crippen LogP contribution in [0.5, 0.6) is 11.5 Å². The second-order valence-electron chi connectivity index (χ2n) is 5.98. The zero-order valence-corrected chi connectivity index (χ0v) is 14.5. The minimum absolute atomic E-state index is 0.135. The standard InChI is InChI=1S/C20H21NO4/c1-13(2)24-16-9-7-14(8-10-16)12-21-20(22)18-11-15-5-4-6-17(23-3)19(15)25-18/h4-11,13H,12H2,1-3H3,(H,21,22). The third kappa shape index (κ3) is 3.94. The van der Waals surface area contributed by atoms with Crippen LogP contribution in [0.2, 0.25) is 0 Å². The van der Waals surface area contributed by atoms with Gasteiger partial charge in [0.25, 0.3) is 5.91 Å². The van der Waals surface area contributed by atoms with Gasteiger partial charge in [0.05, 0.1) is 13.2 Å². The summed E-state index contributed by atoms with van der Waals surface area (Å²) in [7, 11) is 1.57. The van der Waals surface area contributed by atoms with Gasteiger partial charge in [-0.1, -0.05) is 24.3 Å². The number of ether oxygens (including phenoxy) is 2. The van der Waals surface area contributed by atoms with E-state index in [-0.39, 0.29) is 17.8 Å². The monoisotopic (exact) mass is 339 g/mol. The van der Waals surface area contributed by atoms with Crippen molar-refractivity contribution in [3.8, 4) is 11.5 Å². The third-order valence-electron chi connectivity index (χ3n) is 3.70. The molecule has 0 bridgehead atoms. The Morgan fingerprint density at radius 3 is 2.60 bits per heavy atom. The summed E-state index contributed by atoms with van der Waals surface area (Å²) >= 11 is 0. The lowest BCUT2D eigenvalue weighted by Gasteiger charge is -2.10. The fourth-order valence-corrected chi connectivity index (χ4v) is 2.54. The summed E-state index contributed by atoms with van der Waals surface area (Å²) in [6.45, 7) is 4.38. The molecule has 0 atom stereocenters. The molecule has 0 aliphatic carbocycles. The number of hydrogen-bond donors (Lipinski definition) is 1. The molecule has 3 aromatic rings. The summed E-state index contributed by atoms with van der Waals surface area (Å²) in [6.07, 6.45) is 0.135. The van der Waals surface area contributed by atoms with Crippen molar-refractivity contribution in [2.45, 2.75) is 26.5 Å². The molecule has 5 heteroatoms. The number of rotatable bonds is 6. The Hall–Kier alpha value is -2.95. The van der Waals surface area contributed by atoms with E-state index < -0.39 is 0 Å². The third-order valence-corrected chi connectivity index (χ3v) is 3.70. The van der Waals surface area contributed by atoms with Crippen LogP contribution < -0.4 is 14.8 Å². The second-order valence-corrected chi connectivity index (χ2v) is 5.98. The van der Waals surface area contributed by atoms with Gasteiger partial charge in [-0.05, 0) is 43.7 Å². The smallest absolute Gasteiger partial charge is 0.287 e. The molecule has 1 amide bonds. The Morgan fingerprint density at radius 2 is 1.92 bits per heavy atom. The predicted molar refractivity (Wildman–Crippen MR) is 96.1 cm³/mol. The van der Waals surface area contributed by atoms with Crippen molar-refractivity contribution >= 4 is 16.9 Å². The molecule has 0 saturated carbocycles. The van der Waals surface area contributed by atoms with E-state index >= 15 is 0 Å². The number of nitrogens with one attached hydrogen (secondary N) is 1. The second kappa shape index (κ2) is 7.30. The number of amides is 1. The molecule has 0 unspecified atom stereocenters. The van der Waals surface area contributed by atoms with Gasteiger partial charge in [-0.25, -0.2) is 0 Å². The first-order valence-corrected chi connectivity index (χ1v) is 8.17. The van der Waals surface area contributed by atoms with Crippen LogP contribution in [0, 0.1) is 0 Å². The van der Waals surface area contributed by atoms with Crippen molar-refractivity contribution in [2.24, 2.45) is 0 Å². The molecular weight excluding hydrogens is 318 g/mol. The van der Waals surface area contributed by atoms with Crippen LogP contribution in [0.3, 0.4) is 0 Å². The molecule has 0 saturated heterocycles. The first kappa shape index (κ1) is 16.9. The number of furan rings is 1. The van der Waals surface area contributed by atoms with Gasteiger partial charge in [-0.15, -0.1) is 0 Å². The first-order valence-electron chi connectivity index (χ1n) is 8.17. The molecule has 0 spiro atoms. The molecule has 2 aromatic carbocycles. The predicted octanol–water partition coefficient (Wildman–Crippen LogP) is 4.16. The maximum Gasteiger partial charge on any atom is 0.287 e. The summed E-state index contributed by atoms with van der Waals surface area (Å²) in [5.41, 5.74) is 1.56. The highest BCUT2D eigenvalue weighted by molar-refractivity contribution is 5.97. The number of para-hydroxylation sites is 1. The number of carbonyl (C=O) groups is 1. The van der Waals surface area contributed by atoms with E-state index in [0.29, 0.717) is 17.9 Å². The summed E-state index contributed by atoms with van der Waals surface area (Å²) in [5.74, 6) is 1.42. The summed E-state index contributed by atoms with van der Waals surface area (Å²) in [4.78, 5) is 12.3. The van der Waals surface area contributed by atoms with Crippen molar-refractivity contribution < 1.29 is 18.7 Å². The van der Waals surface area contributed by atoms with E-state index in [4.69, 9.17) is 13.9 Å². The lowest BCUT2D eigenvalue weighted by Crippen LogP contribution is -2.22. The topological polar surface area (TPSA) is 60.7 Å². The van der Waals surface area contributed by atoms with Crippen molar-refractivity contribution in [1.29, 1.82) is 0 Å². The normalized spacial score (nSPS) is 10.9. The lowest BCUT2D eigenvalue weighted by atomic mass is 10.2. The number of carbonyl (C=O) groups excluding carboxylic acids is 1. The Kier molecular flexibility index (Phi) is 4.93. The molecular formula is C20H21NO4. The molecule has 0 aliphatic heterocycles. The molecule has 130 valence electrons. The maximum atomic E-state index is 12.3. The van der Waals surface area contributed by atoms with Gasteiger partial charge in [0.1, 0.15) is 5.75 Å². The van der Waals surface area contributed by atoms with Crippen LogP contribution in [0.4, 0.5) is 0 Å². The molecule has 0 radical (unpaired) electrons. The van der Waals surface area contributed by atoms with Gasteiger partial charge in [-0.2, -0.15) is 0 Å². The van der Waals surface area contributed by atoms with Crippen molar-refractivity contribution in [2.75, 3.05) is 7.11 Å². The Morgan fingerprint density at radius 1 is 1.16 bits per heavy atom. The summed E-state index contributed by atoms with van der Waals surface area (Å²) < 4.78 is 16.5. The molecule has 3 rings (SSSR count). The van der Waals surface area contributed by atoms with E-state index in [2.05, 4.69) is 5.32 Å². The van der Waals surface area contributed by atoms with Crippen LogP contribution in [-0.4, -0.2) is 19.1 Å². The Labute approximate surface area is 146 Å². The highest BCUT2D eigenvalue weighted by Gasteiger charge is 2.14. The Bertz CT molecular complexity index is 865. The van der Waals surface area contributed by atoms with Gasteiger partial charge in [0.2, 0.25) is 0 Å². The SMILES string of the molecule is COc1cccc2cc(C(=O)NCc3ccc(OC(C)C)cc3)oc12. The largest absolute Gasteiger partial charge is 0.493 e. The minimum Gasteiger partial charge on any atom is -0.493 e. The highest BCUT2D eigenvalue weighted by Crippen LogP contribution is 2.28. The number of benzene rings is 2. The quantitative estimate of drug-likeness (QED) is 0.732. The van der Waals surface area contributed by atoms with Gasteiger partial charge < -0.3 is 19.2 Å². The molecule has 1 N–H and O–H groups in total. The van der Waals surface area contributed by atoms with Crippen LogP contribution in [0.1, 0.15) is 30.0 Å². The van der Waals surface area contributed by atoms with Crippen LogP contribution in [-0.2, 0) is 6.54 Å². The fraction of sp³-hybridized carbons (Fsp3) is 0.250. The number of hydrogen-bond acceptors (Lipinski definition) is 4. The minimum atomic E-state index is -0.263. The molecule has 1 heterocycles. The van der Waals surface area contributed by atoms with Crippen molar-refractivity contribution in [3.05, 3.63) is 59.9 Å². The highest BCUT2D eigenvalue weighted by atomic mass is 16.5. The number of fused-ring (bicyclic) bond motifs is 1. The van der Waals surface area contributed by atoms with E-state index in [0.717, 1.165) is 16.7 Å². The van der Waals surface area contributed by atoms with E-state index in [1.165, 1.54) is 0 Å². The lowest BCUT2D eigenvalue weighted by molar-refractivity contribution is 0.0925. The summed E-state index contributed by atoms with van der Waals surface area (Å²) in [5, 5.41) is 3.69. The van der Waals surface area contributed by atoms with Crippen molar-refractivity contribution in [3.63, 3.8) is 0 Å². The Balaban J connectivity index is 1.66. The first-order chi connectivity index (χ1) is 12.1. The van der Waals surface area contributed by atoms with E-state index in [1.807, 2.05) is 50.2 Å². The maximum absolute atomic E-state index is 12.3. The number of methoxy groups -OCH3 is 1. The van der Waals surface area contributed by atoms with Gasteiger partial charge >= 0.3 is 0 Å².